The van der Waals surface area contributed by atoms with E-state index in [-0.39, 0.29) is 17.1 Å². The number of carbonyl (C=O) groups is 2. The number of nitrogens with one attached hydrogen (secondary N) is 1. The number of aliphatic hydroxyl groups is 1. The van der Waals surface area contributed by atoms with Crippen LogP contribution < -0.4 is 10.2 Å². The number of benzene rings is 5. The lowest BCUT2D eigenvalue weighted by molar-refractivity contribution is -0.132. The van der Waals surface area contributed by atoms with Crippen molar-refractivity contribution in [3.63, 3.8) is 0 Å². The number of aliphatic hydroxyl groups excluding tert-OH is 1. The average Bonchev–Trinajstić information content (AvgIpc) is 3.23. The number of fused-ring (bicyclic) bond motifs is 1. The van der Waals surface area contributed by atoms with E-state index < -0.39 is 17.7 Å². The summed E-state index contributed by atoms with van der Waals surface area (Å²) >= 11 is 0. The summed E-state index contributed by atoms with van der Waals surface area (Å²) < 4.78 is 0. The minimum absolute atomic E-state index is 0.00599. The first-order valence-electron chi connectivity index (χ1n) is 12.5. The van der Waals surface area contributed by atoms with E-state index in [1.54, 1.807) is 30.3 Å². The second kappa shape index (κ2) is 9.84. The van der Waals surface area contributed by atoms with Crippen LogP contribution in [0.1, 0.15) is 17.2 Å². The molecule has 39 heavy (non-hydrogen) atoms. The first-order chi connectivity index (χ1) is 19.0. The zero-order chi connectivity index (χ0) is 26.9. The third-order valence-corrected chi connectivity index (χ3v) is 6.91. The van der Waals surface area contributed by atoms with Crippen LogP contribution in [0.2, 0.25) is 0 Å². The summed E-state index contributed by atoms with van der Waals surface area (Å²) in [5.41, 5.74) is 3.29. The maximum Gasteiger partial charge on any atom is 0.300 e. The van der Waals surface area contributed by atoms with Crippen molar-refractivity contribution in [1.29, 1.82) is 0 Å². The lowest BCUT2D eigenvalue weighted by atomic mass is 9.93. The highest BCUT2D eigenvalue weighted by Gasteiger charge is 2.47. The highest BCUT2D eigenvalue weighted by Crippen LogP contribution is 2.43. The molecule has 0 saturated carbocycles. The van der Waals surface area contributed by atoms with Crippen LogP contribution in [0.4, 0.5) is 17.1 Å². The van der Waals surface area contributed by atoms with Crippen LogP contribution in [-0.2, 0) is 9.59 Å². The molecule has 5 aromatic rings. The number of anilines is 3. The summed E-state index contributed by atoms with van der Waals surface area (Å²) in [6, 6.07) is 35.3. The molecule has 1 heterocycles. The van der Waals surface area contributed by atoms with E-state index in [0.29, 0.717) is 16.8 Å². The van der Waals surface area contributed by atoms with Gasteiger partial charge in [0.1, 0.15) is 11.5 Å². The SMILES string of the molecule is O=C1C(=O)N(c2ccc(Nc3ccccc3)cc2)C(c2ccc(O)cc2)/C1=C(/O)c1cccc2ccccc12. The molecule has 1 aliphatic rings. The van der Waals surface area contributed by atoms with Crippen LogP contribution in [-0.4, -0.2) is 21.9 Å². The van der Waals surface area contributed by atoms with Gasteiger partial charge in [-0.15, -0.1) is 0 Å². The Labute approximate surface area is 225 Å². The van der Waals surface area contributed by atoms with Crippen LogP contribution in [0, 0.1) is 0 Å². The van der Waals surface area contributed by atoms with Gasteiger partial charge in [0, 0.05) is 22.6 Å². The average molecular weight is 513 g/mol. The summed E-state index contributed by atoms with van der Waals surface area (Å²) in [5.74, 6) is -1.70. The molecule has 190 valence electrons. The number of hydrogen-bond donors (Lipinski definition) is 3. The summed E-state index contributed by atoms with van der Waals surface area (Å²) in [5, 5.41) is 26.5. The molecule has 5 aromatic carbocycles. The molecule has 1 aliphatic heterocycles. The summed E-state index contributed by atoms with van der Waals surface area (Å²) in [7, 11) is 0. The minimum Gasteiger partial charge on any atom is -0.508 e. The molecule has 6 rings (SSSR count). The van der Waals surface area contributed by atoms with Gasteiger partial charge in [0.2, 0.25) is 0 Å². The lowest BCUT2D eigenvalue weighted by Crippen LogP contribution is -2.29. The summed E-state index contributed by atoms with van der Waals surface area (Å²) in [4.78, 5) is 28.4. The van der Waals surface area contributed by atoms with E-state index in [1.165, 1.54) is 17.0 Å². The van der Waals surface area contributed by atoms with Crippen LogP contribution >= 0.6 is 0 Å². The molecule has 1 unspecified atom stereocenters. The van der Waals surface area contributed by atoms with Gasteiger partial charge in [-0.2, -0.15) is 0 Å². The number of phenolic OH excluding ortho intramolecular Hbond substituents is 1. The van der Waals surface area contributed by atoms with Gasteiger partial charge in [0.25, 0.3) is 11.7 Å². The number of para-hydroxylation sites is 1. The Bertz CT molecular complexity index is 1720. The van der Waals surface area contributed by atoms with E-state index in [9.17, 15) is 19.8 Å². The molecule has 1 atom stereocenters. The van der Waals surface area contributed by atoms with Crippen LogP contribution in [0.15, 0.2) is 127 Å². The zero-order valence-corrected chi connectivity index (χ0v) is 20.8. The van der Waals surface area contributed by atoms with Gasteiger partial charge in [0.15, 0.2) is 0 Å². The standard InChI is InChI=1S/C33H24N2O4/c36-26-19-13-22(14-20-26)30-29(31(37)28-12-6-8-21-7-4-5-11-27(21)28)32(38)33(39)35(30)25-17-15-24(16-18-25)34-23-9-2-1-3-10-23/h1-20,30,34,36-37H/b31-29-. The molecule has 0 spiro atoms. The fraction of sp³-hybridized carbons (Fsp3) is 0.0303. The van der Waals surface area contributed by atoms with Gasteiger partial charge >= 0.3 is 0 Å². The largest absolute Gasteiger partial charge is 0.508 e. The number of ketones is 1. The van der Waals surface area contributed by atoms with Crippen LogP contribution in [0.3, 0.4) is 0 Å². The number of Topliss-reactive ketones (excluding diaryl/α,β-unsaturated/α-hetero) is 1. The Hall–Kier alpha value is -5.36. The summed E-state index contributed by atoms with van der Waals surface area (Å²) in [6.45, 7) is 0. The van der Waals surface area contributed by atoms with E-state index >= 15 is 0 Å². The normalized spacial score (nSPS) is 16.5. The quantitative estimate of drug-likeness (QED) is 0.135. The smallest absolute Gasteiger partial charge is 0.300 e. The predicted molar refractivity (Wildman–Crippen MR) is 153 cm³/mol. The van der Waals surface area contributed by atoms with Crippen LogP contribution in [0.25, 0.3) is 16.5 Å². The molecule has 6 heteroatoms. The first kappa shape index (κ1) is 24.0. The topological polar surface area (TPSA) is 89.9 Å². The molecular weight excluding hydrogens is 488 g/mol. The Balaban J connectivity index is 1.47. The Morgan fingerprint density at radius 2 is 1.33 bits per heavy atom. The van der Waals surface area contributed by atoms with Crippen molar-refractivity contribution in [2.24, 2.45) is 0 Å². The van der Waals surface area contributed by atoms with Crippen molar-refractivity contribution >= 4 is 45.3 Å². The summed E-state index contributed by atoms with van der Waals surface area (Å²) in [6.07, 6.45) is 0. The third kappa shape index (κ3) is 4.38. The van der Waals surface area contributed by atoms with Gasteiger partial charge < -0.3 is 15.5 Å². The van der Waals surface area contributed by atoms with Crippen molar-refractivity contribution in [2.45, 2.75) is 6.04 Å². The maximum atomic E-state index is 13.5. The molecular formula is C33H24N2O4. The molecule has 1 amide bonds. The first-order valence-corrected chi connectivity index (χ1v) is 12.5. The number of carbonyl (C=O) groups excluding carboxylic acids is 2. The lowest BCUT2D eigenvalue weighted by Gasteiger charge is -2.26. The van der Waals surface area contributed by atoms with E-state index in [2.05, 4.69) is 5.32 Å². The van der Waals surface area contributed by atoms with Gasteiger partial charge in [0.05, 0.1) is 11.6 Å². The predicted octanol–water partition coefficient (Wildman–Crippen LogP) is 6.92. The second-order valence-corrected chi connectivity index (χ2v) is 9.33. The zero-order valence-electron chi connectivity index (χ0n) is 20.8. The van der Waals surface area contributed by atoms with Crippen molar-refractivity contribution in [3.8, 4) is 5.75 Å². The van der Waals surface area contributed by atoms with E-state index in [4.69, 9.17) is 0 Å². The molecule has 0 bridgehead atoms. The van der Waals surface area contributed by atoms with Crippen LogP contribution in [0.5, 0.6) is 5.75 Å². The Kier molecular flexibility index (Phi) is 6.05. The number of nitrogens with zero attached hydrogens (tertiary/aromatic N) is 1. The monoisotopic (exact) mass is 512 g/mol. The molecule has 6 nitrogen and oxygen atoms in total. The molecule has 3 N–H and O–H groups in total. The van der Waals surface area contributed by atoms with Crippen molar-refractivity contribution < 1.29 is 19.8 Å². The number of hydrogen-bond acceptors (Lipinski definition) is 5. The second-order valence-electron chi connectivity index (χ2n) is 9.33. The van der Waals surface area contributed by atoms with Crippen molar-refractivity contribution in [3.05, 3.63) is 138 Å². The highest BCUT2D eigenvalue weighted by molar-refractivity contribution is 6.51. The highest BCUT2D eigenvalue weighted by atomic mass is 16.3. The van der Waals surface area contributed by atoms with Crippen molar-refractivity contribution in [2.75, 3.05) is 10.2 Å². The molecule has 1 saturated heterocycles. The van der Waals surface area contributed by atoms with Gasteiger partial charge in [-0.3, -0.25) is 14.5 Å². The van der Waals surface area contributed by atoms with Gasteiger partial charge in [-0.1, -0.05) is 72.8 Å². The number of rotatable bonds is 5. The Morgan fingerprint density at radius 3 is 2.08 bits per heavy atom. The fourth-order valence-electron chi connectivity index (χ4n) is 5.04. The van der Waals surface area contributed by atoms with E-state index in [0.717, 1.165) is 22.1 Å². The molecule has 0 aliphatic carbocycles. The van der Waals surface area contributed by atoms with E-state index in [1.807, 2.05) is 78.9 Å². The maximum absolute atomic E-state index is 13.5. The number of aromatic hydroxyl groups is 1. The third-order valence-electron chi connectivity index (χ3n) is 6.91. The molecule has 0 aromatic heterocycles. The molecule has 1 fully saturated rings. The van der Waals surface area contributed by atoms with Gasteiger partial charge in [-0.25, -0.2) is 0 Å². The number of amides is 1. The van der Waals surface area contributed by atoms with Gasteiger partial charge in [-0.05, 0) is 64.9 Å². The van der Waals surface area contributed by atoms with Crippen molar-refractivity contribution in [1.82, 2.24) is 0 Å². The minimum atomic E-state index is -0.891. The Morgan fingerprint density at radius 1 is 0.692 bits per heavy atom. The number of phenols is 1. The fourth-order valence-corrected chi connectivity index (χ4v) is 5.04. The molecule has 0 radical (unpaired) electrons.